The molecule has 1 N–H and O–H groups in total. The molecule has 1 unspecified atom stereocenters. The standard InChI is InChI=1S/C21H25NO4/c1-15(13-22(21(23)24)18-6-4-3-5-7-18)17-10-11-19(25-2)20(12-17)26-14-16-8-9-16/h3-7,10-12,15-16H,8-9,13-14H2,1-2H3,(H,23,24). The van der Waals surface area contributed by atoms with Gasteiger partial charge in [0.25, 0.3) is 0 Å². The average molecular weight is 355 g/mol. The lowest BCUT2D eigenvalue weighted by Gasteiger charge is -2.24. The lowest BCUT2D eigenvalue weighted by molar-refractivity contribution is 0.201. The van der Waals surface area contributed by atoms with Crippen molar-refractivity contribution in [1.82, 2.24) is 0 Å². The molecule has 0 aliphatic heterocycles. The number of ether oxygens (including phenoxy) is 2. The molecule has 138 valence electrons. The molecule has 0 spiro atoms. The first-order valence-corrected chi connectivity index (χ1v) is 8.94. The van der Waals surface area contributed by atoms with Gasteiger partial charge >= 0.3 is 6.09 Å². The van der Waals surface area contributed by atoms with Crippen LogP contribution in [0.25, 0.3) is 0 Å². The Morgan fingerprint density at radius 3 is 2.54 bits per heavy atom. The third-order valence-corrected chi connectivity index (χ3v) is 4.68. The maximum absolute atomic E-state index is 11.7. The van der Waals surface area contributed by atoms with Gasteiger partial charge in [-0.05, 0) is 54.5 Å². The fraction of sp³-hybridized carbons (Fsp3) is 0.381. The topological polar surface area (TPSA) is 59.0 Å². The van der Waals surface area contributed by atoms with Crippen LogP contribution < -0.4 is 14.4 Å². The van der Waals surface area contributed by atoms with E-state index in [1.54, 1.807) is 19.2 Å². The average Bonchev–Trinajstić information content (AvgIpc) is 3.49. The van der Waals surface area contributed by atoms with Crippen molar-refractivity contribution in [2.45, 2.75) is 25.7 Å². The van der Waals surface area contributed by atoms with E-state index in [1.807, 2.05) is 43.3 Å². The molecule has 1 aliphatic rings. The first kappa shape index (κ1) is 18.1. The van der Waals surface area contributed by atoms with E-state index in [1.165, 1.54) is 17.7 Å². The summed E-state index contributed by atoms with van der Waals surface area (Å²) in [6.07, 6.45) is 1.49. The largest absolute Gasteiger partial charge is 0.493 e. The van der Waals surface area contributed by atoms with Crippen LogP contribution in [0.5, 0.6) is 11.5 Å². The molecule has 0 saturated heterocycles. The number of hydrogen-bond acceptors (Lipinski definition) is 3. The van der Waals surface area contributed by atoms with Gasteiger partial charge in [-0.3, -0.25) is 4.90 Å². The van der Waals surface area contributed by atoms with Crippen molar-refractivity contribution in [3.63, 3.8) is 0 Å². The molecule has 1 fully saturated rings. The number of anilines is 1. The molecule has 0 aromatic heterocycles. The fourth-order valence-electron chi connectivity index (χ4n) is 2.89. The summed E-state index contributed by atoms with van der Waals surface area (Å²) in [5.41, 5.74) is 1.70. The highest BCUT2D eigenvalue weighted by Gasteiger charge is 2.23. The second-order valence-electron chi connectivity index (χ2n) is 6.79. The Morgan fingerprint density at radius 1 is 1.19 bits per heavy atom. The predicted molar refractivity (Wildman–Crippen MR) is 101 cm³/mol. The van der Waals surface area contributed by atoms with E-state index in [2.05, 4.69) is 0 Å². The summed E-state index contributed by atoms with van der Waals surface area (Å²) in [5, 5.41) is 9.59. The van der Waals surface area contributed by atoms with E-state index < -0.39 is 6.09 Å². The molecule has 1 atom stereocenters. The molecular formula is C21H25NO4. The molecule has 1 aliphatic carbocycles. The summed E-state index contributed by atoms with van der Waals surface area (Å²) in [7, 11) is 1.63. The third kappa shape index (κ3) is 4.48. The number of amides is 1. The van der Waals surface area contributed by atoms with E-state index in [9.17, 15) is 9.90 Å². The minimum atomic E-state index is -0.957. The van der Waals surface area contributed by atoms with Gasteiger partial charge in [-0.25, -0.2) is 4.79 Å². The summed E-state index contributed by atoms with van der Waals surface area (Å²) in [4.78, 5) is 13.1. The Morgan fingerprint density at radius 2 is 1.92 bits per heavy atom. The van der Waals surface area contributed by atoms with Gasteiger partial charge < -0.3 is 14.6 Å². The second kappa shape index (κ2) is 8.13. The van der Waals surface area contributed by atoms with Crippen molar-refractivity contribution < 1.29 is 19.4 Å². The number of carbonyl (C=O) groups is 1. The monoisotopic (exact) mass is 355 g/mol. The van der Waals surface area contributed by atoms with Crippen molar-refractivity contribution in [2.24, 2.45) is 5.92 Å². The number of hydrogen-bond donors (Lipinski definition) is 1. The molecule has 3 rings (SSSR count). The maximum atomic E-state index is 11.7. The lowest BCUT2D eigenvalue weighted by atomic mass is 10.00. The Balaban J connectivity index is 1.76. The number of carboxylic acid groups (broad SMARTS) is 1. The summed E-state index contributed by atoms with van der Waals surface area (Å²) < 4.78 is 11.3. The number of para-hydroxylation sites is 1. The molecule has 1 saturated carbocycles. The summed E-state index contributed by atoms with van der Waals surface area (Å²) in [6, 6.07) is 15.0. The van der Waals surface area contributed by atoms with E-state index >= 15 is 0 Å². The molecule has 1 amide bonds. The zero-order valence-electron chi connectivity index (χ0n) is 15.2. The molecule has 0 radical (unpaired) electrons. The third-order valence-electron chi connectivity index (χ3n) is 4.68. The van der Waals surface area contributed by atoms with E-state index in [-0.39, 0.29) is 5.92 Å². The van der Waals surface area contributed by atoms with Crippen molar-refractivity contribution in [3.8, 4) is 11.5 Å². The van der Waals surface area contributed by atoms with Crippen molar-refractivity contribution in [2.75, 3.05) is 25.2 Å². The molecule has 2 aromatic carbocycles. The number of nitrogens with zero attached hydrogens (tertiary/aromatic N) is 1. The van der Waals surface area contributed by atoms with Crippen molar-refractivity contribution in [1.29, 1.82) is 0 Å². The highest BCUT2D eigenvalue weighted by atomic mass is 16.5. The van der Waals surface area contributed by atoms with Crippen LogP contribution in [0.2, 0.25) is 0 Å². The van der Waals surface area contributed by atoms with Gasteiger partial charge in [-0.2, -0.15) is 0 Å². The smallest absolute Gasteiger partial charge is 0.411 e. The van der Waals surface area contributed by atoms with Crippen LogP contribution in [0, 0.1) is 5.92 Å². The Hall–Kier alpha value is -2.69. The minimum absolute atomic E-state index is 0.0143. The lowest BCUT2D eigenvalue weighted by Crippen LogP contribution is -2.32. The van der Waals surface area contributed by atoms with Crippen LogP contribution >= 0.6 is 0 Å². The SMILES string of the molecule is COc1ccc(C(C)CN(C(=O)O)c2ccccc2)cc1OCC1CC1. The molecule has 0 heterocycles. The van der Waals surface area contributed by atoms with Gasteiger partial charge in [0, 0.05) is 12.2 Å². The zero-order valence-corrected chi connectivity index (χ0v) is 15.2. The first-order valence-electron chi connectivity index (χ1n) is 8.94. The Bertz CT molecular complexity index is 743. The highest BCUT2D eigenvalue weighted by Crippen LogP contribution is 2.35. The predicted octanol–water partition coefficient (Wildman–Crippen LogP) is 4.77. The molecular weight excluding hydrogens is 330 g/mol. The number of rotatable bonds is 8. The summed E-state index contributed by atoms with van der Waals surface area (Å²) in [6.45, 7) is 3.10. The van der Waals surface area contributed by atoms with Crippen molar-refractivity contribution >= 4 is 11.8 Å². The van der Waals surface area contributed by atoms with Gasteiger partial charge in [0.1, 0.15) is 0 Å². The van der Waals surface area contributed by atoms with Gasteiger partial charge in [0.15, 0.2) is 11.5 Å². The van der Waals surface area contributed by atoms with E-state index in [0.29, 0.717) is 30.5 Å². The fourth-order valence-corrected chi connectivity index (χ4v) is 2.89. The molecule has 2 aromatic rings. The van der Waals surface area contributed by atoms with Crippen LogP contribution in [-0.4, -0.2) is 31.5 Å². The van der Waals surface area contributed by atoms with Gasteiger partial charge in [-0.1, -0.05) is 31.2 Å². The maximum Gasteiger partial charge on any atom is 0.411 e. The number of benzene rings is 2. The van der Waals surface area contributed by atoms with E-state index in [4.69, 9.17) is 9.47 Å². The molecule has 0 bridgehead atoms. The highest BCUT2D eigenvalue weighted by molar-refractivity contribution is 5.86. The van der Waals surface area contributed by atoms with Gasteiger partial charge in [0.2, 0.25) is 0 Å². The van der Waals surface area contributed by atoms with Gasteiger partial charge in [-0.15, -0.1) is 0 Å². The molecule has 5 nitrogen and oxygen atoms in total. The van der Waals surface area contributed by atoms with Crippen LogP contribution in [0.1, 0.15) is 31.2 Å². The van der Waals surface area contributed by atoms with Gasteiger partial charge in [0.05, 0.1) is 13.7 Å². The Labute approximate surface area is 154 Å². The summed E-state index contributed by atoms with van der Waals surface area (Å²) in [5.74, 6) is 2.10. The van der Waals surface area contributed by atoms with Crippen LogP contribution in [0.3, 0.4) is 0 Å². The number of methoxy groups -OCH3 is 1. The Kier molecular flexibility index (Phi) is 5.66. The van der Waals surface area contributed by atoms with Crippen LogP contribution in [0.4, 0.5) is 10.5 Å². The zero-order chi connectivity index (χ0) is 18.5. The molecule has 26 heavy (non-hydrogen) atoms. The first-order chi connectivity index (χ1) is 12.6. The summed E-state index contributed by atoms with van der Waals surface area (Å²) >= 11 is 0. The van der Waals surface area contributed by atoms with E-state index in [0.717, 1.165) is 11.3 Å². The molecule has 5 heteroatoms. The van der Waals surface area contributed by atoms with Crippen LogP contribution in [0.15, 0.2) is 48.5 Å². The van der Waals surface area contributed by atoms with Crippen molar-refractivity contribution in [3.05, 3.63) is 54.1 Å². The van der Waals surface area contributed by atoms with Crippen LogP contribution in [-0.2, 0) is 0 Å². The quantitative estimate of drug-likeness (QED) is 0.741. The second-order valence-corrected chi connectivity index (χ2v) is 6.79. The minimum Gasteiger partial charge on any atom is -0.493 e. The normalized spacial score (nSPS) is 14.5.